The summed E-state index contributed by atoms with van der Waals surface area (Å²) < 4.78 is 5.65. The molecule has 1 aliphatic heterocycles. The summed E-state index contributed by atoms with van der Waals surface area (Å²) in [5.41, 5.74) is 0.930. The zero-order chi connectivity index (χ0) is 13.5. The second kappa shape index (κ2) is 7.21. The number of benzene rings is 1. The summed E-state index contributed by atoms with van der Waals surface area (Å²) in [7, 11) is 0. The van der Waals surface area contributed by atoms with Crippen LogP contribution in [0.4, 0.5) is 5.69 Å². The SMILES string of the molecule is O=[N+]([O-])c1ccccc1CCOCC1CCCNC1. The van der Waals surface area contributed by atoms with E-state index in [2.05, 4.69) is 5.32 Å². The predicted octanol–water partition coefficient (Wildman–Crippen LogP) is 2.15. The Balaban J connectivity index is 1.74. The van der Waals surface area contributed by atoms with Crippen molar-refractivity contribution in [3.63, 3.8) is 0 Å². The first-order valence-electron chi connectivity index (χ1n) is 6.78. The molecule has 0 saturated carbocycles. The average Bonchev–Trinajstić information content (AvgIpc) is 2.45. The number of para-hydroxylation sites is 1. The first-order valence-corrected chi connectivity index (χ1v) is 6.78. The van der Waals surface area contributed by atoms with Gasteiger partial charge in [-0.2, -0.15) is 0 Å². The second-order valence-electron chi connectivity index (χ2n) is 4.92. The molecule has 2 rings (SSSR count). The fourth-order valence-corrected chi connectivity index (χ4v) is 2.40. The normalized spacial score (nSPS) is 19.3. The van der Waals surface area contributed by atoms with Gasteiger partial charge in [0.1, 0.15) is 0 Å². The van der Waals surface area contributed by atoms with Crippen molar-refractivity contribution in [2.75, 3.05) is 26.3 Å². The molecule has 1 N–H and O–H groups in total. The molecule has 0 aromatic heterocycles. The number of nitrogens with zero attached hydrogens (tertiary/aromatic N) is 1. The lowest BCUT2D eigenvalue weighted by molar-refractivity contribution is -0.385. The van der Waals surface area contributed by atoms with E-state index in [0.717, 1.165) is 25.3 Å². The standard InChI is InChI=1S/C14H20N2O3/c17-16(18)14-6-2-1-5-13(14)7-9-19-11-12-4-3-8-15-10-12/h1-2,5-6,12,15H,3-4,7-11H2. The number of nitro groups is 1. The van der Waals surface area contributed by atoms with Gasteiger partial charge in [-0.1, -0.05) is 18.2 Å². The minimum atomic E-state index is -0.333. The van der Waals surface area contributed by atoms with E-state index in [0.29, 0.717) is 18.9 Å². The van der Waals surface area contributed by atoms with Gasteiger partial charge in [0.25, 0.3) is 5.69 Å². The van der Waals surface area contributed by atoms with Crippen LogP contribution in [-0.2, 0) is 11.2 Å². The zero-order valence-electron chi connectivity index (χ0n) is 11.0. The predicted molar refractivity (Wildman–Crippen MR) is 73.2 cm³/mol. The lowest BCUT2D eigenvalue weighted by Gasteiger charge is -2.22. The highest BCUT2D eigenvalue weighted by Crippen LogP contribution is 2.18. The minimum Gasteiger partial charge on any atom is -0.381 e. The van der Waals surface area contributed by atoms with Crippen molar-refractivity contribution in [1.29, 1.82) is 0 Å². The molecule has 104 valence electrons. The Labute approximate surface area is 113 Å². The van der Waals surface area contributed by atoms with Crippen molar-refractivity contribution in [2.45, 2.75) is 19.3 Å². The van der Waals surface area contributed by atoms with E-state index in [1.807, 2.05) is 6.07 Å². The van der Waals surface area contributed by atoms with Gasteiger partial charge < -0.3 is 10.1 Å². The van der Waals surface area contributed by atoms with Crippen molar-refractivity contribution in [1.82, 2.24) is 5.32 Å². The Hall–Kier alpha value is -1.46. The largest absolute Gasteiger partial charge is 0.381 e. The maximum atomic E-state index is 10.9. The third-order valence-electron chi connectivity index (χ3n) is 3.46. The van der Waals surface area contributed by atoms with Gasteiger partial charge in [0, 0.05) is 24.6 Å². The maximum absolute atomic E-state index is 10.9. The van der Waals surface area contributed by atoms with E-state index in [1.54, 1.807) is 18.2 Å². The fourth-order valence-electron chi connectivity index (χ4n) is 2.40. The first-order chi connectivity index (χ1) is 9.27. The van der Waals surface area contributed by atoms with E-state index in [1.165, 1.54) is 12.8 Å². The third-order valence-corrected chi connectivity index (χ3v) is 3.46. The van der Waals surface area contributed by atoms with Gasteiger partial charge in [0.05, 0.1) is 18.1 Å². The Kier molecular flexibility index (Phi) is 5.30. The number of ether oxygens (including phenoxy) is 1. The zero-order valence-corrected chi connectivity index (χ0v) is 11.0. The summed E-state index contributed by atoms with van der Waals surface area (Å²) >= 11 is 0. The van der Waals surface area contributed by atoms with Crippen molar-refractivity contribution in [2.24, 2.45) is 5.92 Å². The van der Waals surface area contributed by atoms with Crippen LogP contribution >= 0.6 is 0 Å². The van der Waals surface area contributed by atoms with Crippen molar-refractivity contribution in [3.8, 4) is 0 Å². The van der Waals surface area contributed by atoms with Crippen molar-refractivity contribution >= 4 is 5.69 Å². The number of piperidine rings is 1. The van der Waals surface area contributed by atoms with Gasteiger partial charge in [0.2, 0.25) is 0 Å². The second-order valence-corrected chi connectivity index (χ2v) is 4.92. The Morgan fingerprint density at radius 2 is 2.26 bits per heavy atom. The van der Waals surface area contributed by atoms with Crippen LogP contribution in [0.1, 0.15) is 18.4 Å². The highest BCUT2D eigenvalue weighted by atomic mass is 16.6. The number of hydrogen-bond donors (Lipinski definition) is 1. The molecular formula is C14H20N2O3. The smallest absolute Gasteiger partial charge is 0.272 e. The minimum absolute atomic E-state index is 0.186. The highest BCUT2D eigenvalue weighted by molar-refractivity contribution is 5.39. The van der Waals surface area contributed by atoms with Gasteiger partial charge in [-0.3, -0.25) is 10.1 Å². The van der Waals surface area contributed by atoms with Crippen LogP contribution in [-0.4, -0.2) is 31.2 Å². The number of nitrogens with one attached hydrogen (secondary N) is 1. The summed E-state index contributed by atoms with van der Waals surface area (Å²) in [4.78, 5) is 10.5. The summed E-state index contributed by atoms with van der Waals surface area (Å²) in [5, 5.41) is 14.2. The molecule has 0 bridgehead atoms. The van der Waals surface area contributed by atoms with Crippen LogP contribution < -0.4 is 5.32 Å². The van der Waals surface area contributed by atoms with E-state index < -0.39 is 0 Å². The van der Waals surface area contributed by atoms with E-state index >= 15 is 0 Å². The summed E-state index contributed by atoms with van der Waals surface area (Å²) in [6.07, 6.45) is 3.01. The molecule has 0 spiro atoms. The Bertz CT molecular complexity index is 417. The molecule has 1 atom stereocenters. The van der Waals surface area contributed by atoms with E-state index in [9.17, 15) is 10.1 Å². The Morgan fingerprint density at radius 3 is 3.00 bits per heavy atom. The van der Waals surface area contributed by atoms with Crippen LogP contribution in [0.15, 0.2) is 24.3 Å². The van der Waals surface area contributed by atoms with Crippen LogP contribution in [0, 0.1) is 16.0 Å². The van der Waals surface area contributed by atoms with Crippen LogP contribution in [0.25, 0.3) is 0 Å². The molecular weight excluding hydrogens is 244 g/mol. The van der Waals surface area contributed by atoms with Gasteiger partial charge >= 0.3 is 0 Å². The average molecular weight is 264 g/mol. The topological polar surface area (TPSA) is 64.4 Å². The first kappa shape index (κ1) is 14.0. The molecule has 1 saturated heterocycles. The summed E-state index contributed by atoms with van der Waals surface area (Å²) in [6.45, 7) is 3.41. The molecule has 0 radical (unpaired) electrons. The third kappa shape index (κ3) is 4.29. The van der Waals surface area contributed by atoms with Gasteiger partial charge in [-0.25, -0.2) is 0 Å². The molecule has 1 fully saturated rings. The van der Waals surface area contributed by atoms with E-state index in [4.69, 9.17) is 4.74 Å². The molecule has 1 aromatic carbocycles. The molecule has 1 aliphatic rings. The molecule has 0 amide bonds. The number of rotatable bonds is 6. The molecule has 0 aliphatic carbocycles. The Morgan fingerprint density at radius 1 is 1.42 bits per heavy atom. The molecule has 1 unspecified atom stereocenters. The number of nitro benzene ring substituents is 1. The molecule has 5 heteroatoms. The van der Waals surface area contributed by atoms with Crippen LogP contribution in [0.5, 0.6) is 0 Å². The van der Waals surface area contributed by atoms with Crippen molar-refractivity contribution in [3.05, 3.63) is 39.9 Å². The molecule has 19 heavy (non-hydrogen) atoms. The quantitative estimate of drug-likeness (QED) is 0.486. The van der Waals surface area contributed by atoms with Crippen molar-refractivity contribution < 1.29 is 9.66 Å². The lowest BCUT2D eigenvalue weighted by atomic mass is 10.0. The lowest BCUT2D eigenvalue weighted by Crippen LogP contribution is -2.32. The summed E-state index contributed by atoms with van der Waals surface area (Å²) in [5.74, 6) is 0.583. The number of hydrogen-bond acceptors (Lipinski definition) is 4. The monoisotopic (exact) mass is 264 g/mol. The molecule has 1 heterocycles. The fraction of sp³-hybridized carbons (Fsp3) is 0.571. The molecule has 5 nitrogen and oxygen atoms in total. The van der Waals surface area contributed by atoms with Gasteiger partial charge in [-0.05, 0) is 25.3 Å². The highest BCUT2D eigenvalue weighted by Gasteiger charge is 2.14. The van der Waals surface area contributed by atoms with Crippen LogP contribution in [0.2, 0.25) is 0 Å². The van der Waals surface area contributed by atoms with Gasteiger partial charge in [-0.15, -0.1) is 0 Å². The van der Waals surface area contributed by atoms with E-state index in [-0.39, 0.29) is 10.6 Å². The van der Waals surface area contributed by atoms with Crippen LogP contribution in [0.3, 0.4) is 0 Å². The van der Waals surface area contributed by atoms with Gasteiger partial charge in [0.15, 0.2) is 0 Å². The maximum Gasteiger partial charge on any atom is 0.272 e. The molecule has 1 aromatic rings. The summed E-state index contributed by atoms with van der Waals surface area (Å²) in [6, 6.07) is 6.85.